The second-order valence-corrected chi connectivity index (χ2v) is 4.56. The molecule has 5 heteroatoms. The van der Waals surface area contributed by atoms with E-state index >= 15 is 0 Å². The fourth-order valence-electron chi connectivity index (χ4n) is 1.41. The first kappa shape index (κ1) is 15.5. The van der Waals surface area contributed by atoms with E-state index in [9.17, 15) is 5.11 Å². The SMILES string of the molecule is CC(=NO)c1cccc(OCC(O)COC(C)C)c1. The predicted octanol–water partition coefficient (Wildman–Crippen LogP) is 2.05. The summed E-state index contributed by atoms with van der Waals surface area (Å²) in [5.74, 6) is 0.615. The van der Waals surface area contributed by atoms with Crippen molar-refractivity contribution >= 4 is 5.71 Å². The summed E-state index contributed by atoms with van der Waals surface area (Å²) in [6.45, 7) is 5.92. The Morgan fingerprint density at radius 2 is 2.05 bits per heavy atom. The molecule has 1 rings (SSSR count). The first-order chi connectivity index (χ1) is 9.02. The molecular formula is C14H21NO4. The van der Waals surface area contributed by atoms with E-state index in [1.165, 1.54) is 0 Å². The molecule has 106 valence electrons. The minimum absolute atomic E-state index is 0.0846. The van der Waals surface area contributed by atoms with Crippen molar-refractivity contribution in [2.45, 2.75) is 33.0 Å². The number of rotatable bonds is 7. The summed E-state index contributed by atoms with van der Waals surface area (Å²) in [6.07, 6.45) is -0.583. The summed E-state index contributed by atoms with van der Waals surface area (Å²) in [5, 5.41) is 21.5. The lowest BCUT2D eigenvalue weighted by molar-refractivity contribution is -0.0122. The molecular weight excluding hydrogens is 246 g/mol. The summed E-state index contributed by atoms with van der Waals surface area (Å²) in [5.41, 5.74) is 1.28. The zero-order valence-electron chi connectivity index (χ0n) is 11.5. The minimum atomic E-state index is -0.668. The third-order valence-electron chi connectivity index (χ3n) is 2.47. The van der Waals surface area contributed by atoms with Gasteiger partial charge in [0.05, 0.1) is 18.4 Å². The van der Waals surface area contributed by atoms with Crippen LogP contribution in [0.4, 0.5) is 0 Å². The Morgan fingerprint density at radius 1 is 1.32 bits per heavy atom. The van der Waals surface area contributed by atoms with Crippen LogP contribution in [0.2, 0.25) is 0 Å². The Balaban J connectivity index is 2.49. The number of hydrogen-bond acceptors (Lipinski definition) is 5. The molecule has 19 heavy (non-hydrogen) atoms. The highest BCUT2D eigenvalue weighted by Gasteiger charge is 2.07. The molecule has 0 spiro atoms. The maximum atomic E-state index is 9.67. The van der Waals surface area contributed by atoms with Crippen LogP contribution in [0.15, 0.2) is 29.4 Å². The zero-order chi connectivity index (χ0) is 14.3. The van der Waals surface area contributed by atoms with E-state index in [1.807, 2.05) is 19.9 Å². The largest absolute Gasteiger partial charge is 0.491 e. The predicted molar refractivity (Wildman–Crippen MR) is 73.0 cm³/mol. The second-order valence-electron chi connectivity index (χ2n) is 4.56. The minimum Gasteiger partial charge on any atom is -0.491 e. The zero-order valence-corrected chi connectivity index (χ0v) is 11.5. The third kappa shape index (κ3) is 5.72. The van der Waals surface area contributed by atoms with Crippen molar-refractivity contribution in [1.82, 2.24) is 0 Å². The number of nitrogens with zero attached hydrogens (tertiary/aromatic N) is 1. The van der Waals surface area contributed by atoms with E-state index in [1.54, 1.807) is 25.1 Å². The highest BCUT2D eigenvalue weighted by atomic mass is 16.5. The maximum Gasteiger partial charge on any atom is 0.120 e. The summed E-state index contributed by atoms with van der Waals surface area (Å²) >= 11 is 0. The Hall–Kier alpha value is -1.59. The lowest BCUT2D eigenvalue weighted by Gasteiger charge is -2.14. The molecule has 0 bridgehead atoms. The van der Waals surface area contributed by atoms with Crippen LogP contribution < -0.4 is 4.74 Å². The molecule has 1 aromatic carbocycles. The van der Waals surface area contributed by atoms with Crippen LogP contribution >= 0.6 is 0 Å². The average molecular weight is 267 g/mol. The van der Waals surface area contributed by atoms with Crippen molar-refractivity contribution < 1.29 is 19.8 Å². The van der Waals surface area contributed by atoms with E-state index in [2.05, 4.69) is 5.16 Å². The van der Waals surface area contributed by atoms with Crippen LogP contribution in [0.5, 0.6) is 5.75 Å². The van der Waals surface area contributed by atoms with E-state index < -0.39 is 6.10 Å². The molecule has 0 radical (unpaired) electrons. The van der Waals surface area contributed by atoms with Crippen molar-refractivity contribution in [2.75, 3.05) is 13.2 Å². The van der Waals surface area contributed by atoms with Crippen molar-refractivity contribution in [3.05, 3.63) is 29.8 Å². The van der Waals surface area contributed by atoms with Gasteiger partial charge in [0, 0.05) is 5.56 Å². The van der Waals surface area contributed by atoms with Gasteiger partial charge in [-0.1, -0.05) is 17.3 Å². The van der Waals surface area contributed by atoms with Crippen molar-refractivity contribution in [3.8, 4) is 5.75 Å². The molecule has 1 aromatic rings. The molecule has 0 amide bonds. The van der Waals surface area contributed by atoms with Crippen LogP contribution in [0.3, 0.4) is 0 Å². The Morgan fingerprint density at radius 3 is 2.68 bits per heavy atom. The molecule has 0 aliphatic carbocycles. The summed E-state index contributed by atoms with van der Waals surface area (Å²) in [6, 6.07) is 7.16. The number of hydrogen-bond donors (Lipinski definition) is 2. The standard InChI is InChI=1S/C14H21NO4/c1-10(2)18-8-13(16)9-19-14-6-4-5-12(7-14)11(3)15-17/h4-7,10,13,16-17H,8-9H2,1-3H3. The van der Waals surface area contributed by atoms with Crippen molar-refractivity contribution in [1.29, 1.82) is 0 Å². The molecule has 0 aliphatic rings. The first-order valence-electron chi connectivity index (χ1n) is 6.24. The molecule has 0 heterocycles. The van der Waals surface area contributed by atoms with Crippen LogP contribution in [-0.2, 0) is 4.74 Å². The van der Waals surface area contributed by atoms with E-state index in [0.717, 1.165) is 5.56 Å². The normalized spacial score (nSPS) is 13.6. The van der Waals surface area contributed by atoms with E-state index in [4.69, 9.17) is 14.7 Å². The molecule has 0 aliphatic heterocycles. The van der Waals surface area contributed by atoms with E-state index in [-0.39, 0.29) is 19.3 Å². The lowest BCUT2D eigenvalue weighted by atomic mass is 10.1. The van der Waals surface area contributed by atoms with E-state index in [0.29, 0.717) is 11.5 Å². The van der Waals surface area contributed by atoms with Gasteiger partial charge in [-0.2, -0.15) is 0 Å². The van der Waals surface area contributed by atoms with Gasteiger partial charge < -0.3 is 19.8 Å². The van der Waals surface area contributed by atoms with Crippen LogP contribution in [0.25, 0.3) is 0 Å². The van der Waals surface area contributed by atoms with Gasteiger partial charge in [0.15, 0.2) is 0 Å². The fourth-order valence-corrected chi connectivity index (χ4v) is 1.41. The van der Waals surface area contributed by atoms with Crippen LogP contribution in [-0.4, -0.2) is 41.4 Å². The monoisotopic (exact) mass is 267 g/mol. The molecule has 5 nitrogen and oxygen atoms in total. The summed E-state index contributed by atoms with van der Waals surface area (Å²) in [4.78, 5) is 0. The van der Waals surface area contributed by atoms with Crippen molar-refractivity contribution in [3.63, 3.8) is 0 Å². The van der Waals surface area contributed by atoms with Crippen LogP contribution in [0.1, 0.15) is 26.3 Å². The van der Waals surface area contributed by atoms with Gasteiger partial charge in [0.2, 0.25) is 0 Å². The van der Waals surface area contributed by atoms with Crippen LogP contribution in [0, 0.1) is 0 Å². The lowest BCUT2D eigenvalue weighted by Crippen LogP contribution is -2.25. The number of aliphatic hydroxyl groups is 1. The Bertz CT molecular complexity index is 418. The van der Waals surface area contributed by atoms with Gasteiger partial charge in [-0.05, 0) is 32.9 Å². The molecule has 0 saturated carbocycles. The topological polar surface area (TPSA) is 71.3 Å². The second kappa shape index (κ2) is 7.76. The third-order valence-corrected chi connectivity index (χ3v) is 2.47. The number of benzene rings is 1. The maximum absolute atomic E-state index is 9.67. The molecule has 2 N–H and O–H groups in total. The fraction of sp³-hybridized carbons (Fsp3) is 0.500. The molecule has 1 atom stereocenters. The smallest absolute Gasteiger partial charge is 0.120 e. The Kier molecular flexibility index (Phi) is 6.32. The van der Waals surface area contributed by atoms with Crippen molar-refractivity contribution in [2.24, 2.45) is 5.16 Å². The van der Waals surface area contributed by atoms with Gasteiger partial charge >= 0.3 is 0 Å². The number of ether oxygens (including phenoxy) is 2. The van der Waals surface area contributed by atoms with Gasteiger partial charge in [-0.25, -0.2) is 0 Å². The average Bonchev–Trinajstić information content (AvgIpc) is 2.42. The van der Waals surface area contributed by atoms with Gasteiger partial charge in [0.1, 0.15) is 18.5 Å². The molecule has 1 unspecified atom stereocenters. The first-order valence-corrected chi connectivity index (χ1v) is 6.24. The molecule has 0 fully saturated rings. The highest BCUT2D eigenvalue weighted by molar-refractivity contribution is 5.98. The Labute approximate surface area is 113 Å². The highest BCUT2D eigenvalue weighted by Crippen LogP contribution is 2.14. The summed E-state index contributed by atoms with van der Waals surface area (Å²) < 4.78 is 10.8. The van der Waals surface area contributed by atoms with Gasteiger partial charge in [-0.15, -0.1) is 0 Å². The van der Waals surface area contributed by atoms with Gasteiger partial charge in [0.25, 0.3) is 0 Å². The summed E-state index contributed by atoms with van der Waals surface area (Å²) in [7, 11) is 0. The molecule has 0 aromatic heterocycles. The number of aliphatic hydroxyl groups excluding tert-OH is 1. The van der Waals surface area contributed by atoms with Gasteiger partial charge in [-0.3, -0.25) is 0 Å². The molecule has 0 saturated heterocycles. The quantitative estimate of drug-likeness (QED) is 0.450. The number of oxime groups is 1.